The number of amides is 1. The van der Waals surface area contributed by atoms with Gasteiger partial charge in [-0.3, -0.25) is 9.48 Å². The Hall–Kier alpha value is -1.36. The van der Waals surface area contributed by atoms with Crippen LogP contribution in [-0.4, -0.2) is 35.8 Å². The molecule has 0 spiro atoms. The topological polar surface area (TPSA) is 59.0 Å². The second-order valence-corrected chi connectivity index (χ2v) is 4.17. The number of rotatable bonds is 2. The minimum absolute atomic E-state index is 0.0402. The zero-order valence-electron chi connectivity index (χ0n) is 9.79. The van der Waals surface area contributed by atoms with Gasteiger partial charge in [0.1, 0.15) is 0 Å². The lowest BCUT2D eigenvalue weighted by Gasteiger charge is -2.23. The Morgan fingerprint density at radius 1 is 1.56 bits per heavy atom. The van der Waals surface area contributed by atoms with Crippen LogP contribution in [0.2, 0.25) is 0 Å². The van der Waals surface area contributed by atoms with Gasteiger partial charge in [-0.05, 0) is 25.9 Å². The predicted molar refractivity (Wildman–Crippen MR) is 61.4 cm³/mol. The fourth-order valence-corrected chi connectivity index (χ4v) is 2.34. The molecule has 1 aromatic rings. The van der Waals surface area contributed by atoms with Gasteiger partial charge in [0.15, 0.2) is 0 Å². The van der Waals surface area contributed by atoms with Crippen LogP contribution >= 0.6 is 0 Å². The highest BCUT2D eigenvalue weighted by atomic mass is 16.1. The van der Waals surface area contributed by atoms with Crippen LogP contribution in [0, 0.1) is 0 Å². The molecule has 0 aliphatic carbocycles. The largest absolute Gasteiger partial charge is 0.355 e. The van der Waals surface area contributed by atoms with Gasteiger partial charge in [0.25, 0.3) is 5.91 Å². The predicted octanol–water partition coefficient (Wildman–Crippen LogP) is 0.247. The zero-order valence-corrected chi connectivity index (χ0v) is 9.79. The summed E-state index contributed by atoms with van der Waals surface area (Å²) in [6.07, 6.45) is 3.81. The average molecular weight is 222 g/mol. The molecule has 0 atom stereocenters. The van der Waals surface area contributed by atoms with Gasteiger partial charge in [-0.1, -0.05) is 0 Å². The fraction of sp³-hybridized carbons (Fsp3) is 0.636. The number of aromatic nitrogens is 2. The molecular formula is C11H18N4O. The molecule has 0 aromatic carbocycles. The quantitative estimate of drug-likeness (QED) is 0.754. The van der Waals surface area contributed by atoms with Crippen LogP contribution < -0.4 is 10.6 Å². The van der Waals surface area contributed by atoms with E-state index < -0.39 is 0 Å². The Morgan fingerprint density at radius 3 is 2.88 bits per heavy atom. The monoisotopic (exact) mass is 222 g/mol. The number of piperidine rings is 1. The van der Waals surface area contributed by atoms with E-state index in [-0.39, 0.29) is 5.91 Å². The fourth-order valence-electron chi connectivity index (χ4n) is 2.34. The minimum atomic E-state index is -0.0402. The molecule has 1 aliphatic rings. The number of carbonyl (C=O) groups excluding carboxylic acids is 1. The lowest BCUT2D eigenvalue weighted by Crippen LogP contribution is -2.29. The molecule has 0 unspecified atom stereocenters. The van der Waals surface area contributed by atoms with Crippen LogP contribution in [-0.2, 0) is 7.05 Å². The van der Waals surface area contributed by atoms with E-state index in [0.717, 1.165) is 37.2 Å². The molecule has 5 heteroatoms. The summed E-state index contributed by atoms with van der Waals surface area (Å²) < 4.78 is 1.83. The van der Waals surface area contributed by atoms with E-state index in [1.165, 1.54) is 0 Å². The molecule has 0 radical (unpaired) electrons. The second kappa shape index (κ2) is 4.65. The number of nitrogens with zero attached hydrogens (tertiary/aromatic N) is 2. The lowest BCUT2D eigenvalue weighted by atomic mass is 9.92. The summed E-state index contributed by atoms with van der Waals surface area (Å²) in [6.45, 7) is 2.03. The van der Waals surface area contributed by atoms with Crippen LogP contribution in [0.3, 0.4) is 0 Å². The summed E-state index contributed by atoms with van der Waals surface area (Å²) in [5, 5.41) is 10.2. The molecule has 0 saturated carbocycles. The average Bonchev–Trinajstić information content (AvgIpc) is 2.71. The molecule has 16 heavy (non-hydrogen) atoms. The Morgan fingerprint density at radius 2 is 2.25 bits per heavy atom. The maximum atomic E-state index is 11.7. The van der Waals surface area contributed by atoms with Crippen molar-refractivity contribution in [2.45, 2.75) is 18.8 Å². The van der Waals surface area contributed by atoms with Crippen molar-refractivity contribution < 1.29 is 4.79 Å². The van der Waals surface area contributed by atoms with Crippen molar-refractivity contribution in [1.82, 2.24) is 20.4 Å². The summed E-state index contributed by atoms with van der Waals surface area (Å²) in [4.78, 5) is 11.7. The van der Waals surface area contributed by atoms with E-state index in [0.29, 0.717) is 5.92 Å². The van der Waals surface area contributed by atoms with Crippen LogP contribution in [0.15, 0.2) is 6.20 Å². The molecule has 2 rings (SSSR count). The first kappa shape index (κ1) is 11.1. The molecule has 1 amide bonds. The summed E-state index contributed by atoms with van der Waals surface area (Å²) in [7, 11) is 3.56. The van der Waals surface area contributed by atoms with Gasteiger partial charge in [0.05, 0.1) is 17.5 Å². The lowest BCUT2D eigenvalue weighted by molar-refractivity contribution is 0.0961. The number of nitrogens with one attached hydrogen (secondary N) is 2. The first-order valence-corrected chi connectivity index (χ1v) is 5.68. The number of hydrogen-bond donors (Lipinski definition) is 2. The Bertz CT molecular complexity index is 379. The highest BCUT2D eigenvalue weighted by Gasteiger charge is 2.24. The van der Waals surface area contributed by atoms with E-state index >= 15 is 0 Å². The molecule has 2 heterocycles. The van der Waals surface area contributed by atoms with Crippen molar-refractivity contribution in [3.05, 3.63) is 17.5 Å². The molecule has 1 aliphatic heterocycles. The standard InChI is InChI=1S/C11H18N4O/c1-12-11(16)9-7-14-15(2)10(9)8-3-5-13-6-4-8/h7-8,13H,3-6H2,1-2H3,(H,12,16). The summed E-state index contributed by atoms with van der Waals surface area (Å²) in [5.41, 5.74) is 1.79. The number of carbonyl (C=O) groups is 1. The molecule has 88 valence electrons. The minimum Gasteiger partial charge on any atom is -0.355 e. The van der Waals surface area contributed by atoms with Gasteiger partial charge in [-0.15, -0.1) is 0 Å². The zero-order chi connectivity index (χ0) is 11.5. The first-order valence-electron chi connectivity index (χ1n) is 5.68. The van der Waals surface area contributed by atoms with E-state index in [2.05, 4.69) is 15.7 Å². The first-order chi connectivity index (χ1) is 7.74. The number of aryl methyl sites for hydroxylation is 1. The molecule has 1 saturated heterocycles. The maximum Gasteiger partial charge on any atom is 0.254 e. The molecule has 1 aromatic heterocycles. The van der Waals surface area contributed by atoms with E-state index in [9.17, 15) is 4.79 Å². The summed E-state index contributed by atoms with van der Waals surface area (Å²) >= 11 is 0. The third-order valence-corrected chi connectivity index (χ3v) is 3.18. The smallest absolute Gasteiger partial charge is 0.254 e. The van der Waals surface area contributed by atoms with Gasteiger partial charge >= 0.3 is 0 Å². The van der Waals surface area contributed by atoms with Crippen molar-refractivity contribution in [2.75, 3.05) is 20.1 Å². The van der Waals surface area contributed by atoms with Crippen LogP contribution in [0.4, 0.5) is 0 Å². The molecular weight excluding hydrogens is 204 g/mol. The van der Waals surface area contributed by atoms with Crippen molar-refractivity contribution >= 4 is 5.91 Å². The van der Waals surface area contributed by atoms with Gasteiger partial charge < -0.3 is 10.6 Å². The molecule has 5 nitrogen and oxygen atoms in total. The van der Waals surface area contributed by atoms with Gasteiger partial charge in [-0.25, -0.2) is 0 Å². The third kappa shape index (κ3) is 1.95. The van der Waals surface area contributed by atoms with E-state index in [4.69, 9.17) is 0 Å². The Labute approximate surface area is 95.2 Å². The normalized spacial score (nSPS) is 17.4. The van der Waals surface area contributed by atoms with Crippen molar-refractivity contribution in [2.24, 2.45) is 7.05 Å². The van der Waals surface area contributed by atoms with Gasteiger partial charge in [0, 0.05) is 20.0 Å². The van der Waals surface area contributed by atoms with Gasteiger partial charge in [-0.2, -0.15) is 5.10 Å². The highest BCUT2D eigenvalue weighted by molar-refractivity contribution is 5.95. The van der Waals surface area contributed by atoms with Crippen LogP contribution in [0.1, 0.15) is 34.8 Å². The van der Waals surface area contributed by atoms with E-state index in [1.54, 1.807) is 13.2 Å². The third-order valence-electron chi connectivity index (χ3n) is 3.18. The van der Waals surface area contributed by atoms with Crippen molar-refractivity contribution in [1.29, 1.82) is 0 Å². The molecule has 2 N–H and O–H groups in total. The SMILES string of the molecule is CNC(=O)c1cnn(C)c1C1CCNCC1. The Kier molecular flexibility index (Phi) is 3.24. The van der Waals surface area contributed by atoms with Crippen molar-refractivity contribution in [3.8, 4) is 0 Å². The van der Waals surface area contributed by atoms with E-state index in [1.807, 2.05) is 11.7 Å². The second-order valence-electron chi connectivity index (χ2n) is 4.17. The van der Waals surface area contributed by atoms with Crippen LogP contribution in [0.5, 0.6) is 0 Å². The Balaban J connectivity index is 2.30. The highest BCUT2D eigenvalue weighted by Crippen LogP contribution is 2.27. The maximum absolute atomic E-state index is 11.7. The van der Waals surface area contributed by atoms with Crippen LogP contribution in [0.25, 0.3) is 0 Å². The van der Waals surface area contributed by atoms with Crippen molar-refractivity contribution in [3.63, 3.8) is 0 Å². The summed E-state index contributed by atoms with van der Waals surface area (Å²) in [5.74, 6) is 0.405. The summed E-state index contributed by atoms with van der Waals surface area (Å²) in [6, 6.07) is 0. The van der Waals surface area contributed by atoms with Gasteiger partial charge in [0.2, 0.25) is 0 Å². The number of hydrogen-bond acceptors (Lipinski definition) is 3. The molecule has 1 fully saturated rings. The molecule has 0 bridgehead atoms.